The highest BCUT2D eigenvalue weighted by Gasteiger charge is 2.39. The Morgan fingerprint density at radius 2 is 1.68 bits per heavy atom. The first-order valence-corrected chi connectivity index (χ1v) is 8.17. The summed E-state index contributed by atoms with van der Waals surface area (Å²) in [6, 6.07) is 0. The fourth-order valence-electron chi connectivity index (χ4n) is 3.80. The van der Waals surface area contributed by atoms with Crippen LogP contribution in [0.4, 0.5) is 0 Å². The van der Waals surface area contributed by atoms with E-state index in [1.165, 1.54) is 58.3 Å². The van der Waals surface area contributed by atoms with E-state index in [1.807, 2.05) is 0 Å². The highest BCUT2D eigenvalue weighted by atomic mass is 15.2. The standard InChI is InChI=1S/C17H34N2/c1-15(2,3)18-12-17(8-6-7-9-17)14-19-11-10-16(4,5)13-19/h18H,6-14H2,1-5H3. The molecule has 0 radical (unpaired) electrons. The van der Waals surface area contributed by atoms with E-state index in [0.717, 1.165) is 0 Å². The molecule has 0 amide bonds. The highest BCUT2D eigenvalue weighted by molar-refractivity contribution is 4.94. The summed E-state index contributed by atoms with van der Waals surface area (Å²) >= 11 is 0. The topological polar surface area (TPSA) is 15.3 Å². The lowest BCUT2D eigenvalue weighted by Gasteiger charge is -2.37. The average molecular weight is 266 g/mol. The summed E-state index contributed by atoms with van der Waals surface area (Å²) in [4.78, 5) is 2.73. The second-order valence-electron chi connectivity index (χ2n) is 8.94. The SMILES string of the molecule is CC1(C)CCN(CC2(CNC(C)(C)C)CCCC2)C1. The Labute approximate surface area is 120 Å². The van der Waals surface area contributed by atoms with E-state index in [4.69, 9.17) is 0 Å². The molecule has 0 aromatic carbocycles. The molecule has 1 aliphatic heterocycles. The van der Waals surface area contributed by atoms with Gasteiger partial charge in [-0.3, -0.25) is 0 Å². The summed E-state index contributed by atoms with van der Waals surface area (Å²) in [6.45, 7) is 16.8. The van der Waals surface area contributed by atoms with Crippen LogP contribution in [0.2, 0.25) is 0 Å². The van der Waals surface area contributed by atoms with Gasteiger partial charge in [0.25, 0.3) is 0 Å². The van der Waals surface area contributed by atoms with Gasteiger partial charge in [-0.1, -0.05) is 26.7 Å². The van der Waals surface area contributed by atoms with E-state index in [-0.39, 0.29) is 5.54 Å². The molecule has 0 spiro atoms. The van der Waals surface area contributed by atoms with E-state index >= 15 is 0 Å². The number of likely N-dealkylation sites (tertiary alicyclic amines) is 1. The Balaban J connectivity index is 1.92. The van der Waals surface area contributed by atoms with Crippen LogP contribution in [0.1, 0.15) is 66.7 Å². The van der Waals surface area contributed by atoms with Crippen LogP contribution in [0.3, 0.4) is 0 Å². The summed E-state index contributed by atoms with van der Waals surface area (Å²) < 4.78 is 0. The van der Waals surface area contributed by atoms with Crippen LogP contribution in [0.5, 0.6) is 0 Å². The predicted octanol–water partition coefficient (Wildman–Crippen LogP) is 3.67. The number of nitrogens with zero attached hydrogens (tertiary/aromatic N) is 1. The highest BCUT2D eigenvalue weighted by Crippen LogP contribution is 2.40. The van der Waals surface area contributed by atoms with Crippen LogP contribution in [0.15, 0.2) is 0 Å². The molecule has 0 bridgehead atoms. The molecule has 1 heterocycles. The normalized spacial score (nSPS) is 27.0. The Bertz CT molecular complexity index is 295. The second kappa shape index (κ2) is 5.37. The summed E-state index contributed by atoms with van der Waals surface area (Å²) in [5.74, 6) is 0. The van der Waals surface area contributed by atoms with Crippen LogP contribution in [-0.4, -0.2) is 36.6 Å². The van der Waals surface area contributed by atoms with Gasteiger partial charge in [0.1, 0.15) is 0 Å². The maximum atomic E-state index is 3.77. The lowest BCUT2D eigenvalue weighted by atomic mass is 9.84. The van der Waals surface area contributed by atoms with Gasteiger partial charge in [0.05, 0.1) is 0 Å². The molecule has 0 aromatic rings. The largest absolute Gasteiger partial charge is 0.311 e. The van der Waals surface area contributed by atoms with Gasteiger partial charge in [0, 0.05) is 25.2 Å². The maximum absolute atomic E-state index is 3.77. The van der Waals surface area contributed by atoms with Crippen molar-refractivity contribution < 1.29 is 0 Å². The molecule has 0 unspecified atom stereocenters. The van der Waals surface area contributed by atoms with E-state index in [0.29, 0.717) is 10.8 Å². The minimum absolute atomic E-state index is 0.250. The number of rotatable bonds is 4. The lowest BCUT2D eigenvalue weighted by molar-refractivity contribution is 0.151. The Morgan fingerprint density at radius 1 is 1.05 bits per heavy atom. The fourth-order valence-corrected chi connectivity index (χ4v) is 3.80. The number of nitrogens with one attached hydrogen (secondary N) is 1. The van der Waals surface area contributed by atoms with Crippen molar-refractivity contribution in [3.8, 4) is 0 Å². The molecule has 2 aliphatic rings. The third-order valence-electron chi connectivity index (χ3n) is 4.97. The summed E-state index contributed by atoms with van der Waals surface area (Å²) in [5, 5.41) is 3.77. The molecule has 2 fully saturated rings. The minimum Gasteiger partial charge on any atom is -0.311 e. The van der Waals surface area contributed by atoms with Crippen molar-refractivity contribution in [2.75, 3.05) is 26.2 Å². The zero-order valence-electron chi connectivity index (χ0n) is 13.8. The molecule has 2 rings (SSSR count). The van der Waals surface area contributed by atoms with Crippen LogP contribution in [0.25, 0.3) is 0 Å². The molecule has 2 heteroatoms. The quantitative estimate of drug-likeness (QED) is 0.835. The van der Waals surface area contributed by atoms with E-state index in [2.05, 4.69) is 44.8 Å². The fraction of sp³-hybridized carbons (Fsp3) is 1.00. The number of hydrogen-bond acceptors (Lipinski definition) is 2. The smallest absolute Gasteiger partial charge is 0.00967 e. The summed E-state index contributed by atoms with van der Waals surface area (Å²) in [6.07, 6.45) is 7.09. The molecule has 0 aromatic heterocycles. The van der Waals surface area contributed by atoms with Gasteiger partial charge in [0.2, 0.25) is 0 Å². The Hall–Kier alpha value is -0.0800. The predicted molar refractivity (Wildman–Crippen MR) is 83.5 cm³/mol. The van der Waals surface area contributed by atoms with E-state index < -0.39 is 0 Å². The Morgan fingerprint density at radius 3 is 2.16 bits per heavy atom. The van der Waals surface area contributed by atoms with Gasteiger partial charge in [-0.05, 0) is 57.4 Å². The lowest BCUT2D eigenvalue weighted by Crippen LogP contribution is -2.47. The van der Waals surface area contributed by atoms with Crippen molar-refractivity contribution in [1.29, 1.82) is 0 Å². The minimum atomic E-state index is 0.250. The molecule has 1 N–H and O–H groups in total. The first-order valence-electron chi connectivity index (χ1n) is 8.17. The first kappa shape index (κ1) is 15.3. The molecular weight excluding hydrogens is 232 g/mol. The van der Waals surface area contributed by atoms with Gasteiger partial charge in [-0.25, -0.2) is 0 Å². The second-order valence-corrected chi connectivity index (χ2v) is 8.94. The molecule has 112 valence electrons. The van der Waals surface area contributed by atoms with Crippen LogP contribution in [0, 0.1) is 10.8 Å². The summed E-state index contributed by atoms with van der Waals surface area (Å²) in [7, 11) is 0. The average Bonchev–Trinajstić information content (AvgIpc) is 2.83. The zero-order valence-corrected chi connectivity index (χ0v) is 13.8. The molecular formula is C17H34N2. The van der Waals surface area contributed by atoms with Crippen molar-refractivity contribution >= 4 is 0 Å². The van der Waals surface area contributed by atoms with Gasteiger partial charge in [-0.2, -0.15) is 0 Å². The summed E-state index contributed by atoms with van der Waals surface area (Å²) in [5.41, 5.74) is 1.34. The van der Waals surface area contributed by atoms with Crippen molar-refractivity contribution in [3.63, 3.8) is 0 Å². The molecule has 2 nitrogen and oxygen atoms in total. The van der Waals surface area contributed by atoms with Crippen molar-refractivity contribution in [2.45, 2.75) is 72.3 Å². The van der Waals surface area contributed by atoms with E-state index in [9.17, 15) is 0 Å². The van der Waals surface area contributed by atoms with Gasteiger partial charge in [-0.15, -0.1) is 0 Å². The zero-order chi connectivity index (χ0) is 14.1. The van der Waals surface area contributed by atoms with Gasteiger partial charge in [0.15, 0.2) is 0 Å². The monoisotopic (exact) mass is 266 g/mol. The Kier molecular flexibility index (Phi) is 4.32. The molecule has 1 saturated carbocycles. The van der Waals surface area contributed by atoms with Crippen molar-refractivity contribution in [2.24, 2.45) is 10.8 Å². The molecule has 19 heavy (non-hydrogen) atoms. The van der Waals surface area contributed by atoms with Crippen LogP contribution >= 0.6 is 0 Å². The number of hydrogen-bond donors (Lipinski definition) is 1. The third kappa shape index (κ3) is 4.46. The van der Waals surface area contributed by atoms with Gasteiger partial charge >= 0.3 is 0 Å². The molecule has 1 aliphatic carbocycles. The van der Waals surface area contributed by atoms with Crippen molar-refractivity contribution in [1.82, 2.24) is 10.2 Å². The van der Waals surface area contributed by atoms with E-state index in [1.54, 1.807) is 0 Å². The first-order chi connectivity index (χ1) is 8.70. The van der Waals surface area contributed by atoms with Crippen molar-refractivity contribution in [3.05, 3.63) is 0 Å². The molecule has 0 atom stereocenters. The third-order valence-corrected chi connectivity index (χ3v) is 4.97. The molecule has 1 saturated heterocycles. The van der Waals surface area contributed by atoms with Gasteiger partial charge < -0.3 is 10.2 Å². The van der Waals surface area contributed by atoms with Crippen LogP contribution in [-0.2, 0) is 0 Å². The maximum Gasteiger partial charge on any atom is 0.00967 e. The van der Waals surface area contributed by atoms with Crippen LogP contribution < -0.4 is 5.32 Å².